The number of amides is 1. The molecule has 56 valence electrons. The largest absolute Gasteiger partial charge is 0.369 e. The maximum absolute atomic E-state index is 10.8. The number of hydrogen-bond acceptors (Lipinski definition) is 3. The second-order valence-corrected chi connectivity index (χ2v) is 2.27. The van der Waals surface area contributed by atoms with E-state index in [1.54, 1.807) is 11.8 Å². The molecule has 1 heterocycles. The summed E-state index contributed by atoms with van der Waals surface area (Å²) >= 11 is 0. The highest BCUT2D eigenvalue weighted by Gasteiger charge is 2.27. The Kier molecular flexibility index (Phi) is 1.61. The topological polar surface area (TPSA) is 58.7 Å². The summed E-state index contributed by atoms with van der Waals surface area (Å²) in [6.45, 7) is 4.48. The first-order valence-corrected chi connectivity index (χ1v) is 3.31. The van der Waals surface area contributed by atoms with Gasteiger partial charge in [-0.05, 0) is 13.8 Å². The molecule has 10 heavy (non-hydrogen) atoms. The average molecular weight is 141 g/mol. The second-order valence-electron chi connectivity index (χ2n) is 2.27. The van der Waals surface area contributed by atoms with E-state index in [2.05, 4.69) is 4.99 Å². The third-order valence-corrected chi connectivity index (χ3v) is 1.68. The Morgan fingerprint density at radius 1 is 1.80 bits per heavy atom. The summed E-state index contributed by atoms with van der Waals surface area (Å²) in [7, 11) is 0. The van der Waals surface area contributed by atoms with Crippen LogP contribution in [0.5, 0.6) is 0 Å². The molecule has 2 N–H and O–H groups in total. The smallest absolute Gasteiger partial charge is 0.271 e. The van der Waals surface area contributed by atoms with Crippen molar-refractivity contribution in [3.63, 3.8) is 0 Å². The van der Waals surface area contributed by atoms with E-state index in [4.69, 9.17) is 5.73 Å². The average Bonchev–Trinajstić information content (AvgIpc) is 2.09. The first kappa shape index (κ1) is 7.05. The van der Waals surface area contributed by atoms with Crippen LogP contribution in [0, 0.1) is 0 Å². The van der Waals surface area contributed by atoms with Gasteiger partial charge in [0.1, 0.15) is 6.04 Å². The fourth-order valence-corrected chi connectivity index (χ4v) is 1.04. The lowest BCUT2D eigenvalue weighted by molar-refractivity contribution is -0.119. The highest BCUT2D eigenvalue weighted by atomic mass is 16.2. The number of rotatable bonds is 1. The van der Waals surface area contributed by atoms with Crippen LogP contribution in [0.1, 0.15) is 13.8 Å². The number of aliphatic imine (C=N–C) groups is 1. The molecule has 0 saturated heterocycles. The third kappa shape index (κ3) is 0.853. The zero-order chi connectivity index (χ0) is 7.72. The molecule has 0 bridgehead atoms. The maximum atomic E-state index is 10.8. The molecule has 4 heteroatoms. The number of carbonyl (C=O) groups excluding carboxylic acids is 1. The summed E-state index contributed by atoms with van der Waals surface area (Å²) in [5, 5.41) is 0. The Morgan fingerprint density at radius 2 is 2.40 bits per heavy atom. The van der Waals surface area contributed by atoms with E-state index >= 15 is 0 Å². The van der Waals surface area contributed by atoms with E-state index in [1.807, 2.05) is 6.92 Å². The predicted molar refractivity (Wildman–Crippen MR) is 38.5 cm³/mol. The quantitative estimate of drug-likeness (QED) is 0.538. The van der Waals surface area contributed by atoms with Crippen molar-refractivity contribution in [2.24, 2.45) is 10.7 Å². The Bertz CT molecular complexity index is 187. The lowest BCUT2D eigenvalue weighted by Gasteiger charge is -2.18. The highest BCUT2D eigenvalue weighted by Crippen LogP contribution is 2.07. The monoisotopic (exact) mass is 141 g/mol. The van der Waals surface area contributed by atoms with Crippen molar-refractivity contribution in [1.29, 1.82) is 0 Å². The molecule has 0 fully saturated rings. The Hall–Kier alpha value is -1.06. The molecule has 1 unspecified atom stereocenters. The number of guanidine groups is 1. The molecule has 1 amide bonds. The molecular weight excluding hydrogens is 130 g/mol. The fraction of sp³-hybridized carbons (Fsp3) is 0.667. The number of hydrogen-bond donors (Lipinski definition) is 1. The molecule has 0 aromatic carbocycles. The molecule has 0 aromatic rings. The normalized spacial score (nSPS) is 25.4. The summed E-state index contributed by atoms with van der Waals surface area (Å²) in [6.07, 6.45) is 0. The van der Waals surface area contributed by atoms with Crippen LogP contribution in [0.4, 0.5) is 0 Å². The van der Waals surface area contributed by atoms with Crippen LogP contribution in [0.3, 0.4) is 0 Å². The van der Waals surface area contributed by atoms with Gasteiger partial charge in [-0.1, -0.05) is 0 Å². The van der Waals surface area contributed by atoms with Crippen molar-refractivity contribution in [1.82, 2.24) is 4.90 Å². The standard InChI is InChI=1S/C6H11N3O/c1-3-9-4(2)5(10)8-6(9)7/h4H,3H2,1-2H3,(H2,7,8,10). The van der Waals surface area contributed by atoms with Crippen molar-refractivity contribution in [3.8, 4) is 0 Å². The van der Waals surface area contributed by atoms with E-state index < -0.39 is 0 Å². The molecule has 1 atom stereocenters. The summed E-state index contributed by atoms with van der Waals surface area (Å²) in [4.78, 5) is 16.2. The molecule has 1 aliphatic heterocycles. The predicted octanol–water partition coefficient (Wildman–Crippen LogP) is -0.448. The molecule has 0 radical (unpaired) electrons. The zero-order valence-corrected chi connectivity index (χ0v) is 6.16. The number of likely N-dealkylation sites (N-methyl/N-ethyl adjacent to an activating group) is 1. The van der Waals surface area contributed by atoms with Gasteiger partial charge in [-0.25, -0.2) is 0 Å². The van der Waals surface area contributed by atoms with Crippen LogP contribution >= 0.6 is 0 Å². The van der Waals surface area contributed by atoms with Gasteiger partial charge in [0.15, 0.2) is 5.96 Å². The van der Waals surface area contributed by atoms with Gasteiger partial charge in [-0.3, -0.25) is 4.79 Å². The van der Waals surface area contributed by atoms with Crippen molar-refractivity contribution in [3.05, 3.63) is 0 Å². The van der Waals surface area contributed by atoms with E-state index in [-0.39, 0.29) is 11.9 Å². The van der Waals surface area contributed by atoms with Crippen LogP contribution < -0.4 is 5.73 Å². The first-order chi connectivity index (χ1) is 4.66. The van der Waals surface area contributed by atoms with Crippen molar-refractivity contribution >= 4 is 11.9 Å². The van der Waals surface area contributed by atoms with E-state index in [1.165, 1.54) is 0 Å². The van der Waals surface area contributed by atoms with Gasteiger partial charge >= 0.3 is 0 Å². The van der Waals surface area contributed by atoms with Gasteiger partial charge in [-0.2, -0.15) is 4.99 Å². The minimum Gasteiger partial charge on any atom is -0.369 e. The Labute approximate surface area is 59.7 Å². The number of nitrogens with zero attached hydrogens (tertiary/aromatic N) is 2. The molecule has 1 aliphatic rings. The van der Waals surface area contributed by atoms with E-state index in [0.29, 0.717) is 5.96 Å². The first-order valence-electron chi connectivity index (χ1n) is 3.31. The number of nitrogens with two attached hydrogens (primary N) is 1. The van der Waals surface area contributed by atoms with Gasteiger partial charge in [0.2, 0.25) is 0 Å². The number of carbonyl (C=O) groups is 1. The summed E-state index contributed by atoms with van der Waals surface area (Å²) in [5.41, 5.74) is 5.43. The van der Waals surface area contributed by atoms with E-state index in [9.17, 15) is 4.79 Å². The van der Waals surface area contributed by atoms with Gasteiger partial charge in [0, 0.05) is 6.54 Å². The zero-order valence-electron chi connectivity index (χ0n) is 6.16. The van der Waals surface area contributed by atoms with Crippen molar-refractivity contribution < 1.29 is 4.79 Å². The van der Waals surface area contributed by atoms with Gasteiger partial charge in [0.25, 0.3) is 5.91 Å². The molecule has 1 rings (SSSR count). The van der Waals surface area contributed by atoms with Gasteiger partial charge < -0.3 is 10.6 Å². The minimum atomic E-state index is -0.162. The highest BCUT2D eigenvalue weighted by molar-refractivity contribution is 6.01. The van der Waals surface area contributed by atoms with Gasteiger partial charge in [-0.15, -0.1) is 0 Å². The molecule has 4 nitrogen and oxygen atoms in total. The van der Waals surface area contributed by atoms with Crippen LogP contribution in [0.2, 0.25) is 0 Å². The lowest BCUT2D eigenvalue weighted by Crippen LogP contribution is -2.39. The van der Waals surface area contributed by atoms with Crippen molar-refractivity contribution in [2.45, 2.75) is 19.9 Å². The summed E-state index contributed by atoms with van der Waals surface area (Å²) < 4.78 is 0. The minimum absolute atomic E-state index is 0.139. The van der Waals surface area contributed by atoms with Crippen LogP contribution in [-0.2, 0) is 4.79 Å². The molecular formula is C6H11N3O. The molecule has 0 spiro atoms. The summed E-state index contributed by atoms with van der Waals surface area (Å²) in [6, 6.07) is -0.162. The van der Waals surface area contributed by atoms with E-state index in [0.717, 1.165) is 6.54 Å². The van der Waals surface area contributed by atoms with Crippen molar-refractivity contribution in [2.75, 3.05) is 6.54 Å². The molecule has 0 aromatic heterocycles. The summed E-state index contributed by atoms with van der Waals surface area (Å²) in [5.74, 6) is 0.208. The molecule has 0 aliphatic carbocycles. The van der Waals surface area contributed by atoms with Crippen LogP contribution in [0.25, 0.3) is 0 Å². The third-order valence-electron chi connectivity index (χ3n) is 1.68. The molecule has 0 saturated carbocycles. The van der Waals surface area contributed by atoms with Gasteiger partial charge in [0.05, 0.1) is 0 Å². The van der Waals surface area contributed by atoms with Crippen LogP contribution in [-0.4, -0.2) is 29.4 Å². The second kappa shape index (κ2) is 2.28. The lowest BCUT2D eigenvalue weighted by atomic mass is 10.3. The SMILES string of the molecule is CCN1C(N)=NC(=O)C1C. The Morgan fingerprint density at radius 3 is 2.60 bits per heavy atom. The van der Waals surface area contributed by atoms with Crippen LogP contribution in [0.15, 0.2) is 4.99 Å². The maximum Gasteiger partial charge on any atom is 0.271 e. The fourth-order valence-electron chi connectivity index (χ4n) is 1.04. The Balaban J connectivity index is 2.77.